The number of benzene rings is 2. The Morgan fingerprint density at radius 3 is 2.70 bits per heavy atom. The minimum Gasteiger partial charge on any atom is -0.497 e. The number of hydrogen-bond donors (Lipinski definition) is 2. The molecule has 3 rings (SSSR count). The first kappa shape index (κ1) is 18.8. The van der Waals surface area contributed by atoms with Gasteiger partial charge in [-0.25, -0.2) is 0 Å². The van der Waals surface area contributed by atoms with Crippen molar-refractivity contribution in [3.63, 3.8) is 0 Å². The van der Waals surface area contributed by atoms with Crippen LogP contribution in [0, 0.1) is 13.8 Å². The number of methoxy groups -OCH3 is 1. The Morgan fingerprint density at radius 1 is 1.15 bits per heavy atom. The first-order valence-corrected chi connectivity index (χ1v) is 9.24. The summed E-state index contributed by atoms with van der Waals surface area (Å²) in [4.78, 5) is 16.2. The first-order chi connectivity index (χ1) is 13.0. The minimum atomic E-state index is -0.177. The normalized spacial score (nSPS) is 10.8. The number of unbranched alkanes of at least 4 members (excludes halogenated alkanes) is 1. The van der Waals surface area contributed by atoms with E-state index in [0.717, 1.165) is 35.0 Å². The highest BCUT2D eigenvalue weighted by molar-refractivity contribution is 6.07. The number of fused-ring (bicyclic) bond motifs is 1. The molecule has 0 aliphatic rings. The van der Waals surface area contributed by atoms with E-state index in [1.807, 2.05) is 37.3 Å². The van der Waals surface area contributed by atoms with Crippen LogP contribution >= 0.6 is 0 Å². The number of anilines is 1. The van der Waals surface area contributed by atoms with Gasteiger partial charge in [0.05, 0.1) is 19.4 Å². The van der Waals surface area contributed by atoms with Crippen molar-refractivity contribution in [2.24, 2.45) is 0 Å². The largest absolute Gasteiger partial charge is 0.497 e. The van der Waals surface area contributed by atoms with Crippen LogP contribution in [0.15, 0.2) is 36.4 Å². The zero-order chi connectivity index (χ0) is 19.4. The van der Waals surface area contributed by atoms with Gasteiger partial charge in [-0.05, 0) is 56.2 Å². The fourth-order valence-corrected chi connectivity index (χ4v) is 2.98. The molecular formula is C22H26N2O3. The second-order valence-corrected chi connectivity index (χ2v) is 6.65. The molecule has 1 amide bonds. The number of carbonyl (C=O) groups is 1. The van der Waals surface area contributed by atoms with E-state index in [0.29, 0.717) is 29.4 Å². The Balaban J connectivity index is 1.87. The molecule has 0 radical (unpaired) electrons. The molecule has 2 aromatic carbocycles. The molecule has 142 valence electrons. The van der Waals surface area contributed by atoms with Gasteiger partial charge < -0.3 is 19.8 Å². The van der Waals surface area contributed by atoms with Crippen LogP contribution in [-0.2, 0) is 0 Å². The summed E-state index contributed by atoms with van der Waals surface area (Å²) in [7, 11) is 1.60. The van der Waals surface area contributed by atoms with Crippen LogP contribution in [0.3, 0.4) is 0 Å². The Morgan fingerprint density at radius 2 is 1.96 bits per heavy atom. The lowest BCUT2D eigenvalue weighted by Gasteiger charge is -2.14. The lowest BCUT2D eigenvalue weighted by Crippen LogP contribution is -2.13. The number of amides is 1. The number of aromatic amines is 1. The summed E-state index contributed by atoms with van der Waals surface area (Å²) in [5.74, 6) is 1.14. The van der Waals surface area contributed by atoms with Gasteiger partial charge in [0.2, 0.25) is 0 Å². The third-order valence-electron chi connectivity index (χ3n) is 4.76. The van der Waals surface area contributed by atoms with Crippen molar-refractivity contribution in [2.45, 2.75) is 33.6 Å². The van der Waals surface area contributed by atoms with Gasteiger partial charge >= 0.3 is 0 Å². The molecule has 5 nitrogen and oxygen atoms in total. The number of H-pyrrole nitrogens is 1. The van der Waals surface area contributed by atoms with Gasteiger partial charge in [0.25, 0.3) is 5.91 Å². The summed E-state index contributed by atoms with van der Waals surface area (Å²) in [6, 6.07) is 11.1. The average molecular weight is 366 g/mol. The van der Waals surface area contributed by atoms with Gasteiger partial charge in [-0.2, -0.15) is 0 Å². The predicted octanol–water partition coefficient (Wildman–Crippen LogP) is 5.22. The zero-order valence-corrected chi connectivity index (χ0v) is 16.3. The molecular weight excluding hydrogens is 340 g/mol. The average Bonchev–Trinajstić information content (AvgIpc) is 2.96. The number of nitrogens with one attached hydrogen (secondary N) is 2. The van der Waals surface area contributed by atoms with E-state index in [1.165, 1.54) is 0 Å². The van der Waals surface area contributed by atoms with Crippen molar-refractivity contribution in [1.82, 2.24) is 4.98 Å². The molecule has 0 aliphatic heterocycles. The summed E-state index contributed by atoms with van der Waals surface area (Å²) in [5, 5.41) is 4.03. The number of carbonyl (C=O) groups excluding carboxylic acids is 1. The van der Waals surface area contributed by atoms with Crippen LogP contribution in [0.5, 0.6) is 11.5 Å². The minimum absolute atomic E-state index is 0.177. The molecule has 27 heavy (non-hydrogen) atoms. The maximum atomic E-state index is 12.8. The Bertz CT molecular complexity index is 960. The molecule has 0 spiro atoms. The number of aromatic nitrogens is 1. The molecule has 1 aromatic heterocycles. The third kappa shape index (κ3) is 4.08. The van der Waals surface area contributed by atoms with Crippen molar-refractivity contribution >= 4 is 22.5 Å². The number of ether oxygens (including phenoxy) is 2. The summed E-state index contributed by atoms with van der Waals surface area (Å²) in [6.45, 7) is 6.81. The van der Waals surface area contributed by atoms with Crippen molar-refractivity contribution in [3.8, 4) is 11.5 Å². The van der Waals surface area contributed by atoms with Gasteiger partial charge in [0.1, 0.15) is 11.5 Å². The smallest absolute Gasteiger partial charge is 0.255 e. The maximum Gasteiger partial charge on any atom is 0.255 e. The quantitative estimate of drug-likeness (QED) is 0.563. The highest BCUT2D eigenvalue weighted by Crippen LogP contribution is 2.30. The van der Waals surface area contributed by atoms with E-state index in [9.17, 15) is 4.79 Å². The van der Waals surface area contributed by atoms with E-state index >= 15 is 0 Å². The monoisotopic (exact) mass is 366 g/mol. The zero-order valence-electron chi connectivity index (χ0n) is 16.3. The highest BCUT2D eigenvalue weighted by Gasteiger charge is 2.13. The Hall–Kier alpha value is -2.95. The van der Waals surface area contributed by atoms with Crippen LogP contribution in [0.25, 0.3) is 10.9 Å². The fourth-order valence-electron chi connectivity index (χ4n) is 2.98. The van der Waals surface area contributed by atoms with Gasteiger partial charge in [-0.15, -0.1) is 0 Å². The van der Waals surface area contributed by atoms with Gasteiger partial charge in [-0.1, -0.05) is 13.3 Å². The number of aryl methyl sites for hydroxylation is 2. The SMILES string of the molecule is CCCCOc1ccc(OC)cc1NC(=O)c1ccc2[nH]c(C)c(C)c2c1. The van der Waals surface area contributed by atoms with Crippen molar-refractivity contribution in [2.75, 3.05) is 19.0 Å². The summed E-state index contributed by atoms with van der Waals surface area (Å²) in [6.07, 6.45) is 2.01. The molecule has 0 fully saturated rings. The van der Waals surface area contributed by atoms with Crippen molar-refractivity contribution in [3.05, 3.63) is 53.2 Å². The molecule has 0 saturated heterocycles. The standard InChI is InChI=1S/C22H26N2O3/c1-5-6-11-27-21-10-8-17(26-4)13-20(21)24-22(25)16-7-9-19-18(12-16)14(2)15(3)23-19/h7-10,12-13,23H,5-6,11H2,1-4H3,(H,24,25). The van der Waals surface area contributed by atoms with Crippen molar-refractivity contribution in [1.29, 1.82) is 0 Å². The van der Waals surface area contributed by atoms with Crippen molar-refractivity contribution < 1.29 is 14.3 Å². The number of rotatable bonds is 7. The molecule has 3 aromatic rings. The van der Waals surface area contributed by atoms with Crippen LogP contribution in [-0.4, -0.2) is 24.6 Å². The predicted molar refractivity (Wildman–Crippen MR) is 109 cm³/mol. The van der Waals surface area contributed by atoms with E-state index in [-0.39, 0.29) is 5.91 Å². The van der Waals surface area contributed by atoms with E-state index < -0.39 is 0 Å². The van der Waals surface area contributed by atoms with Crippen LogP contribution in [0.4, 0.5) is 5.69 Å². The van der Waals surface area contributed by atoms with Gasteiger partial charge in [0.15, 0.2) is 0 Å². The van der Waals surface area contributed by atoms with Crippen LogP contribution in [0.1, 0.15) is 41.4 Å². The molecule has 0 aliphatic carbocycles. The summed E-state index contributed by atoms with van der Waals surface area (Å²) in [5.41, 5.74) is 4.52. The fraction of sp³-hybridized carbons (Fsp3) is 0.318. The first-order valence-electron chi connectivity index (χ1n) is 9.24. The summed E-state index contributed by atoms with van der Waals surface area (Å²) < 4.78 is 11.1. The maximum absolute atomic E-state index is 12.8. The van der Waals surface area contributed by atoms with Crippen LogP contribution < -0.4 is 14.8 Å². The van der Waals surface area contributed by atoms with Gasteiger partial charge in [-0.3, -0.25) is 4.79 Å². The third-order valence-corrected chi connectivity index (χ3v) is 4.76. The molecule has 5 heteroatoms. The molecule has 0 bridgehead atoms. The topological polar surface area (TPSA) is 63.4 Å². The van der Waals surface area contributed by atoms with E-state index in [1.54, 1.807) is 13.2 Å². The Kier molecular flexibility index (Phi) is 5.69. The molecule has 2 N–H and O–H groups in total. The Labute approximate surface area is 159 Å². The second-order valence-electron chi connectivity index (χ2n) is 6.65. The van der Waals surface area contributed by atoms with Crippen LogP contribution in [0.2, 0.25) is 0 Å². The highest BCUT2D eigenvalue weighted by atomic mass is 16.5. The second kappa shape index (κ2) is 8.16. The molecule has 0 atom stereocenters. The van der Waals surface area contributed by atoms with E-state index in [4.69, 9.17) is 9.47 Å². The molecule has 0 saturated carbocycles. The molecule has 0 unspecified atom stereocenters. The number of hydrogen-bond acceptors (Lipinski definition) is 3. The lowest BCUT2D eigenvalue weighted by molar-refractivity contribution is 0.102. The summed E-state index contributed by atoms with van der Waals surface area (Å²) >= 11 is 0. The molecule has 1 heterocycles. The lowest BCUT2D eigenvalue weighted by atomic mass is 10.1. The van der Waals surface area contributed by atoms with Gasteiger partial charge in [0, 0.05) is 28.2 Å². The van der Waals surface area contributed by atoms with E-state index in [2.05, 4.69) is 24.1 Å².